The third-order valence-corrected chi connectivity index (χ3v) is 3.56. The molecule has 0 saturated heterocycles. The molecule has 1 aliphatic carbocycles. The standard InChI is InChI=1S/C14H25NO2/c1-10(15-11-7-5-6-8-11)9-12(13(16)17)14(2,3)4/h11-12,15H,1,5-9H2,2-4H3,(H,16,17)/t12-/m1/s1. The molecule has 0 aliphatic heterocycles. The van der Waals surface area contributed by atoms with E-state index in [0.29, 0.717) is 12.5 Å². The van der Waals surface area contributed by atoms with Gasteiger partial charge in [-0.05, 0) is 18.3 Å². The molecule has 3 heteroatoms. The van der Waals surface area contributed by atoms with Crippen molar-refractivity contribution in [3.63, 3.8) is 0 Å². The second-order valence-corrected chi connectivity index (χ2v) is 6.19. The first-order valence-corrected chi connectivity index (χ1v) is 6.48. The topological polar surface area (TPSA) is 49.3 Å². The van der Waals surface area contributed by atoms with Crippen LogP contribution in [0.4, 0.5) is 0 Å². The highest BCUT2D eigenvalue weighted by Crippen LogP contribution is 2.31. The number of carbonyl (C=O) groups is 1. The summed E-state index contributed by atoms with van der Waals surface area (Å²) in [6.45, 7) is 9.88. The van der Waals surface area contributed by atoms with Gasteiger partial charge in [0.15, 0.2) is 0 Å². The van der Waals surface area contributed by atoms with E-state index in [1.54, 1.807) is 0 Å². The summed E-state index contributed by atoms with van der Waals surface area (Å²) in [5, 5.41) is 12.6. The van der Waals surface area contributed by atoms with Crippen LogP contribution in [0.3, 0.4) is 0 Å². The summed E-state index contributed by atoms with van der Waals surface area (Å²) in [7, 11) is 0. The summed E-state index contributed by atoms with van der Waals surface area (Å²) >= 11 is 0. The van der Waals surface area contributed by atoms with E-state index in [-0.39, 0.29) is 11.3 Å². The molecule has 1 aliphatic rings. The molecule has 0 aromatic heterocycles. The lowest BCUT2D eigenvalue weighted by Gasteiger charge is -2.28. The number of carboxylic acid groups (broad SMARTS) is 1. The SMILES string of the molecule is C=C(C[C@H](C(=O)O)C(C)(C)C)NC1CCCC1. The molecular weight excluding hydrogens is 214 g/mol. The molecule has 1 fully saturated rings. The van der Waals surface area contributed by atoms with Gasteiger partial charge in [0.05, 0.1) is 5.92 Å². The molecule has 0 spiro atoms. The lowest BCUT2D eigenvalue weighted by atomic mass is 9.78. The lowest BCUT2D eigenvalue weighted by Crippen LogP contribution is -2.33. The summed E-state index contributed by atoms with van der Waals surface area (Å²) in [6.07, 6.45) is 5.44. The Bertz CT molecular complexity index is 285. The van der Waals surface area contributed by atoms with Crippen molar-refractivity contribution in [3.05, 3.63) is 12.3 Å². The van der Waals surface area contributed by atoms with Crippen molar-refractivity contribution in [3.8, 4) is 0 Å². The Morgan fingerprint density at radius 1 is 1.41 bits per heavy atom. The molecule has 1 saturated carbocycles. The van der Waals surface area contributed by atoms with E-state index in [1.165, 1.54) is 25.7 Å². The van der Waals surface area contributed by atoms with Crippen LogP contribution in [0.15, 0.2) is 12.3 Å². The summed E-state index contributed by atoms with van der Waals surface area (Å²) in [4.78, 5) is 11.2. The Balaban J connectivity index is 2.49. The van der Waals surface area contributed by atoms with Crippen molar-refractivity contribution < 1.29 is 9.90 Å². The quantitative estimate of drug-likeness (QED) is 0.774. The molecule has 2 N–H and O–H groups in total. The normalized spacial score (nSPS) is 19.0. The molecule has 1 atom stereocenters. The van der Waals surface area contributed by atoms with Crippen LogP contribution < -0.4 is 5.32 Å². The van der Waals surface area contributed by atoms with Crippen LogP contribution in [0.2, 0.25) is 0 Å². The molecule has 17 heavy (non-hydrogen) atoms. The van der Waals surface area contributed by atoms with Gasteiger partial charge < -0.3 is 10.4 Å². The zero-order valence-corrected chi connectivity index (χ0v) is 11.3. The van der Waals surface area contributed by atoms with Crippen LogP contribution in [0.1, 0.15) is 52.9 Å². The number of allylic oxidation sites excluding steroid dienone is 1. The van der Waals surface area contributed by atoms with E-state index in [4.69, 9.17) is 0 Å². The van der Waals surface area contributed by atoms with Crippen LogP contribution >= 0.6 is 0 Å². The van der Waals surface area contributed by atoms with Gasteiger partial charge in [-0.15, -0.1) is 0 Å². The molecule has 0 radical (unpaired) electrons. The second-order valence-electron chi connectivity index (χ2n) is 6.19. The fourth-order valence-electron chi connectivity index (χ4n) is 2.43. The second kappa shape index (κ2) is 5.56. The Kier molecular flexibility index (Phi) is 4.61. The van der Waals surface area contributed by atoms with Crippen molar-refractivity contribution in [1.82, 2.24) is 5.32 Å². The molecule has 0 unspecified atom stereocenters. The minimum Gasteiger partial charge on any atom is -0.481 e. The molecular formula is C14H25NO2. The van der Waals surface area contributed by atoms with Crippen molar-refractivity contribution >= 4 is 5.97 Å². The van der Waals surface area contributed by atoms with Crippen molar-refractivity contribution in [1.29, 1.82) is 0 Å². The molecule has 0 aromatic rings. The van der Waals surface area contributed by atoms with Gasteiger partial charge in [0.2, 0.25) is 0 Å². The van der Waals surface area contributed by atoms with Gasteiger partial charge in [0.1, 0.15) is 0 Å². The summed E-state index contributed by atoms with van der Waals surface area (Å²) in [5.41, 5.74) is 0.644. The molecule has 3 nitrogen and oxygen atoms in total. The van der Waals surface area contributed by atoms with Gasteiger partial charge in [0.25, 0.3) is 0 Å². The largest absolute Gasteiger partial charge is 0.481 e. The number of hydrogen-bond acceptors (Lipinski definition) is 2. The maximum atomic E-state index is 11.2. The van der Waals surface area contributed by atoms with E-state index in [9.17, 15) is 9.90 Å². The van der Waals surface area contributed by atoms with Crippen LogP contribution in [-0.2, 0) is 4.79 Å². The first-order chi connectivity index (χ1) is 7.80. The monoisotopic (exact) mass is 239 g/mol. The number of carboxylic acids is 1. The Morgan fingerprint density at radius 3 is 2.35 bits per heavy atom. The first-order valence-electron chi connectivity index (χ1n) is 6.48. The van der Waals surface area contributed by atoms with Gasteiger partial charge in [-0.3, -0.25) is 4.79 Å². The van der Waals surface area contributed by atoms with E-state index in [1.807, 2.05) is 20.8 Å². The molecule has 98 valence electrons. The molecule has 0 bridgehead atoms. The van der Waals surface area contributed by atoms with Crippen LogP contribution in [0, 0.1) is 11.3 Å². The van der Waals surface area contributed by atoms with Gasteiger partial charge in [-0.1, -0.05) is 40.2 Å². The molecule has 0 aromatic carbocycles. The highest BCUT2D eigenvalue weighted by atomic mass is 16.4. The predicted molar refractivity (Wildman–Crippen MR) is 69.7 cm³/mol. The maximum absolute atomic E-state index is 11.2. The smallest absolute Gasteiger partial charge is 0.307 e. The minimum atomic E-state index is -0.730. The van der Waals surface area contributed by atoms with E-state index in [2.05, 4.69) is 11.9 Å². The number of aliphatic carboxylic acids is 1. The number of hydrogen-bond donors (Lipinski definition) is 2. The highest BCUT2D eigenvalue weighted by Gasteiger charge is 2.31. The summed E-state index contributed by atoms with van der Waals surface area (Å²) in [5.74, 6) is -1.10. The fraction of sp³-hybridized carbons (Fsp3) is 0.786. The maximum Gasteiger partial charge on any atom is 0.307 e. The number of nitrogens with one attached hydrogen (secondary N) is 1. The zero-order valence-electron chi connectivity index (χ0n) is 11.3. The van der Waals surface area contributed by atoms with Crippen LogP contribution in [0.25, 0.3) is 0 Å². The fourth-order valence-corrected chi connectivity index (χ4v) is 2.43. The highest BCUT2D eigenvalue weighted by molar-refractivity contribution is 5.71. The van der Waals surface area contributed by atoms with Gasteiger partial charge in [0, 0.05) is 18.2 Å². The third-order valence-electron chi connectivity index (χ3n) is 3.56. The average molecular weight is 239 g/mol. The predicted octanol–water partition coefficient (Wildman–Crippen LogP) is 3.17. The lowest BCUT2D eigenvalue weighted by molar-refractivity contribution is -0.145. The molecule has 1 rings (SSSR count). The Hall–Kier alpha value is -0.990. The summed E-state index contributed by atoms with van der Waals surface area (Å²) < 4.78 is 0. The van der Waals surface area contributed by atoms with Gasteiger partial charge in [-0.25, -0.2) is 0 Å². The average Bonchev–Trinajstić information content (AvgIpc) is 2.64. The zero-order chi connectivity index (χ0) is 13.1. The van der Waals surface area contributed by atoms with E-state index in [0.717, 1.165) is 5.70 Å². The first kappa shape index (κ1) is 14.1. The Morgan fingerprint density at radius 2 is 1.94 bits per heavy atom. The van der Waals surface area contributed by atoms with Crippen molar-refractivity contribution in [2.45, 2.75) is 58.9 Å². The Labute approximate surface area is 104 Å². The minimum absolute atomic E-state index is 0.230. The van der Waals surface area contributed by atoms with Crippen LogP contribution in [0.5, 0.6) is 0 Å². The van der Waals surface area contributed by atoms with E-state index < -0.39 is 5.97 Å². The third kappa shape index (κ3) is 4.41. The van der Waals surface area contributed by atoms with Crippen LogP contribution in [-0.4, -0.2) is 17.1 Å². The van der Waals surface area contributed by atoms with Gasteiger partial charge in [-0.2, -0.15) is 0 Å². The number of rotatable bonds is 5. The van der Waals surface area contributed by atoms with Crippen molar-refractivity contribution in [2.75, 3.05) is 0 Å². The van der Waals surface area contributed by atoms with E-state index >= 15 is 0 Å². The molecule has 0 amide bonds. The van der Waals surface area contributed by atoms with Gasteiger partial charge >= 0.3 is 5.97 Å². The van der Waals surface area contributed by atoms with Crippen molar-refractivity contribution in [2.24, 2.45) is 11.3 Å². The molecule has 0 heterocycles. The summed E-state index contributed by atoms with van der Waals surface area (Å²) in [6, 6.07) is 0.511.